The van der Waals surface area contributed by atoms with Crippen LogP contribution in [0.4, 0.5) is 0 Å². The van der Waals surface area contributed by atoms with Crippen molar-refractivity contribution in [3.05, 3.63) is 12.2 Å². The quantitative estimate of drug-likeness (QED) is 0.211. The molecular formula is C7H13N7. The topological polar surface area (TPSA) is 104 Å². The summed E-state index contributed by atoms with van der Waals surface area (Å²) in [5.41, 5.74) is 2.51. The van der Waals surface area contributed by atoms with Gasteiger partial charge in [0.15, 0.2) is 0 Å². The van der Waals surface area contributed by atoms with E-state index >= 15 is 0 Å². The number of aromatic nitrogens is 3. The van der Waals surface area contributed by atoms with Gasteiger partial charge in [0.1, 0.15) is 18.7 Å². The Balaban J connectivity index is 1.86. The molecule has 1 aromatic rings. The Labute approximate surface area is 81.2 Å². The zero-order valence-corrected chi connectivity index (χ0v) is 7.70. The van der Waals surface area contributed by atoms with Crippen molar-refractivity contribution in [3.63, 3.8) is 0 Å². The lowest BCUT2D eigenvalue weighted by atomic mass is 10.6. The lowest BCUT2D eigenvalue weighted by Crippen LogP contribution is -2.42. The highest BCUT2D eigenvalue weighted by Gasteiger charge is 2.21. The van der Waals surface area contributed by atoms with Crippen LogP contribution in [0.3, 0.4) is 0 Å². The summed E-state index contributed by atoms with van der Waals surface area (Å²) in [6.07, 6.45) is 3.82. The molecule has 7 nitrogen and oxygen atoms in total. The van der Waals surface area contributed by atoms with Gasteiger partial charge in [-0.05, 0) is 12.8 Å². The summed E-state index contributed by atoms with van der Waals surface area (Å²) >= 11 is 0. The van der Waals surface area contributed by atoms with Crippen LogP contribution in [-0.4, -0.2) is 27.2 Å². The van der Waals surface area contributed by atoms with E-state index in [1.807, 2.05) is 0 Å². The molecule has 0 saturated heterocycles. The molecule has 76 valence electrons. The first-order chi connectivity index (χ1) is 6.88. The molecule has 0 amide bonds. The minimum Gasteiger partial charge on any atom is -0.353 e. The number of nitrogens with two attached hydrogens (primary N) is 1. The Kier molecular flexibility index (Phi) is 2.59. The smallest absolute Gasteiger partial charge is 0.206 e. The normalized spacial score (nSPS) is 16.8. The Morgan fingerprint density at radius 2 is 2.57 bits per heavy atom. The number of hydrogen-bond acceptors (Lipinski definition) is 4. The van der Waals surface area contributed by atoms with Gasteiger partial charge in [-0.1, -0.05) is 0 Å². The van der Waals surface area contributed by atoms with Crippen LogP contribution in [0.1, 0.15) is 18.7 Å². The third-order valence-corrected chi connectivity index (χ3v) is 1.91. The maximum atomic E-state index is 5.30. The van der Waals surface area contributed by atoms with E-state index in [0.717, 1.165) is 5.82 Å². The van der Waals surface area contributed by atoms with Gasteiger partial charge in [0.2, 0.25) is 5.96 Å². The van der Waals surface area contributed by atoms with Crippen molar-refractivity contribution in [2.45, 2.75) is 25.4 Å². The Morgan fingerprint density at radius 1 is 1.71 bits per heavy atom. The summed E-state index contributed by atoms with van der Waals surface area (Å²) in [5.74, 6) is 6.62. The highest BCUT2D eigenvalue weighted by atomic mass is 15.3. The number of nitrogens with one attached hydrogen (secondary N) is 3. The van der Waals surface area contributed by atoms with E-state index in [4.69, 9.17) is 5.84 Å². The van der Waals surface area contributed by atoms with Gasteiger partial charge in [-0.15, -0.1) is 0 Å². The van der Waals surface area contributed by atoms with E-state index in [9.17, 15) is 0 Å². The predicted octanol–water partition coefficient (Wildman–Crippen LogP) is -1.12. The summed E-state index contributed by atoms with van der Waals surface area (Å²) in [6.45, 7) is 0.444. The molecule has 1 aliphatic carbocycles. The average Bonchev–Trinajstić information content (AvgIpc) is 2.86. The number of aliphatic imine (C=N–C) groups is 1. The Hall–Kier alpha value is -1.63. The molecule has 2 rings (SSSR count). The van der Waals surface area contributed by atoms with Crippen LogP contribution in [0.25, 0.3) is 0 Å². The first-order valence-electron chi connectivity index (χ1n) is 4.50. The van der Waals surface area contributed by atoms with Crippen molar-refractivity contribution < 1.29 is 0 Å². The minimum atomic E-state index is 0.444. The molecule has 1 aliphatic rings. The van der Waals surface area contributed by atoms with E-state index in [1.165, 1.54) is 19.2 Å². The average molecular weight is 195 g/mol. The van der Waals surface area contributed by atoms with Gasteiger partial charge < -0.3 is 5.32 Å². The number of hydrazine groups is 1. The SMILES string of the molecule is NNC(=NCc1ncn[nH]1)NC1CC1. The summed E-state index contributed by atoms with van der Waals surface area (Å²) in [5, 5.41) is 9.60. The van der Waals surface area contributed by atoms with Gasteiger partial charge in [-0.2, -0.15) is 5.10 Å². The maximum Gasteiger partial charge on any atom is 0.206 e. The second kappa shape index (κ2) is 4.05. The van der Waals surface area contributed by atoms with E-state index in [1.54, 1.807) is 0 Å². The van der Waals surface area contributed by atoms with Crippen LogP contribution in [-0.2, 0) is 6.54 Å². The Morgan fingerprint density at radius 3 is 3.14 bits per heavy atom. The lowest BCUT2D eigenvalue weighted by Gasteiger charge is -2.06. The molecular weight excluding hydrogens is 182 g/mol. The van der Waals surface area contributed by atoms with Crippen molar-refractivity contribution in [1.29, 1.82) is 0 Å². The fourth-order valence-electron chi connectivity index (χ4n) is 1.01. The first-order valence-corrected chi connectivity index (χ1v) is 4.50. The molecule has 1 saturated carbocycles. The molecule has 7 heteroatoms. The van der Waals surface area contributed by atoms with Crippen molar-refractivity contribution in [2.75, 3.05) is 0 Å². The van der Waals surface area contributed by atoms with Crippen LogP contribution in [0.15, 0.2) is 11.3 Å². The van der Waals surface area contributed by atoms with Gasteiger partial charge in [0.05, 0.1) is 0 Å². The number of rotatable bonds is 3. The fourth-order valence-corrected chi connectivity index (χ4v) is 1.01. The zero-order chi connectivity index (χ0) is 9.80. The molecule has 0 unspecified atom stereocenters. The number of guanidine groups is 1. The Bertz CT molecular complexity index is 300. The largest absolute Gasteiger partial charge is 0.353 e. The fraction of sp³-hybridized carbons (Fsp3) is 0.571. The molecule has 1 aromatic heterocycles. The maximum absolute atomic E-state index is 5.30. The predicted molar refractivity (Wildman–Crippen MR) is 51.0 cm³/mol. The highest BCUT2D eigenvalue weighted by molar-refractivity contribution is 5.79. The monoisotopic (exact) mass is 195 g/mol. The van der Waals surface area contributed by atoms with Gasteiger partial charge >= 0.3 is 0 Å². The van der Waals surface area contributed by atoms with Gasteiger partial charge in [-0.3, -0.25) is 10.5 Å². The van der Waals surface area contributed by atoms with Crippen LogP contribution in [0, 0.1) is 0 Å². The second-order valence-corrected chi connectivity index (χ2v) is 3.16. The van der Waals surface area contributed by atoms with Crippen molar-refractivity contribution in [1.82, 2.24) is 25.9 Å². The van der Waals surface area contributed by atoms with Gasteiger partial charge in [-0.25, -0.2) is 15.8 Å². The number of nitrogens with zero attached hydrogens (tertiary/aromatic N) is 3. The first kappa shape index (κ1) is 8.95. The summed E-state index contributed by atoms with van der Waals surface area (Å²) in [6, 6.07) is 0.527. The number of hydrogen-bond donors (Lipinski definition) is 4. The van der Waals surface area contributed by atoms with E-state index in [0.29, 0.717) is 18.5 Å². The number of H-pyrrole nitrogens is 1. The second-order valence-electron chi connectivity index (χ2n) is 3.16. The van der Waals surface area contributed by atoms with Crippen molar-refractivity contribution in [2.24, 2.45) is 10.8 Å². The summed E-state index contributed by atoms with van der Waals surface area (Å²) < 4.78 is 0. The molecule has 1 heterocycles. The van der Waals surface area contributed by atoms with Crippen LogP contribution in [0.2, 0.25) is 0 Å². The molecule has 0 atom stereocenters. The minimum absolute atomic E-state index is 0.444. The number of aromatic amines is 1. The van der Waals surface area contributed by atoms with E-state index in [2.05, 4.69) is 30.9 Å². The van der Waals surface area contributed by atoms with E-state index < -0.39 is 0 Å². The molecule has 1 fully saturated rings. The molecule has 0 bridgehead atoms. The zero-order valence-electron chi connectivity index (χ0n) is 7.70. The van der Waals surface area contributed by atoms with Crippen molar-refractivity contribution >= 4 is 5.96 Å². The lowest BCUT2D eigenvalue weighted by molar-refractivity contribution is 0.809. The third kappa shape index (κ3) is 2.43. The molecule has 5 N–H and O–H groups in total. The van der Waals surface area contributed by atoms with Crippen LogP contribution >= 0.6 is 0 Å². The molecule has 0 aliphatic heterocycles. The van der Waals surface area contributed by atoms with E-state index in [-0.39, 0.29) is 0 Å². The molecule has 14 heavy (non-hydrogen) atoms. The highest BCUT2D eigenvalue weighted by Crippen LogP contribution is 2.18. The van der Waals surface area contributed by atoms with Gasteiger partial charge in [0, 0.05) is 6.04 Å². The van der Waals surface area contributed by atoms with Crippen LogP contribution in [0.5, 0.6) is 0 Å². The summed E-state index contributed by atoms with van der Waals surface area (Å²) in [7, 11) is 0. The molecule has 0 aromatic carbocycles. The third-order valence-electron chi connectivity index (χ3n) is 1.91. The standard InChI is InChI=1S/C7H13N7/c8-13-7(12-5-1-2-5)9-3-6-10-4-11-14-6/h4-5H,1-3,8H2,(H2,9,12,13)(H,10,11,14). The molecule has 0 radical (unpaired) electrons. The van der Waals surface area contributed by atoms with Gasteiger partial charge in [0.25, 0.3) is 0 Å². The van der Waals surface area contributed by atoms with Crippen LogP contribution < -0.4 is 16.6 Å². The van der Waals surface area contributed by atoms with Crippen molar-refractivity contribution in [3.8, 4) is 0 Å². The molecule has 0 spiro atoms. The summed E-state index contributed by atoms with van der Waals surface area (Å²) in [4.78, 5) is 8.15.